The van der Waals surface area contributed by atoms with Gasteiger partial charge in [0.1, 0.15) is 6.10 Å². The van der Waals surface area contributed by atoms with Gasteiger partial charge in [0.15, 0.2) is 0 Å². The zero-order valence-electron chi connectivity index (χ0n) is 21.6. The molecule has 2 saturated heterocycles. The molecule has 1 N–H and O–H groups in total. The van der Waals surface area contributed by atoms with Crippen LogP contribution in [0.3, 0.4) is 0 Å². The van der Waals surface area contributed by atoms with Crippen LogP contribution in [0.15, 0.2) is 0 Å². The van der Waals surface area contributed by atoms with Crippen LogP contribution in [0.2, 0.25) is 0 Å². The Balaban J connectivity index is 1.12. The second-order valence-electron chi connectivity index (χ2n) is 14.2. The van der Waals surface area contributed by atoms with Gasteiger partial charge in [0.05, 0.1) is 25.4 Å². The third kappa shape index (κ3) is 2.70. The fraction of sp³-hybridized carbons (Fsp3) is 0.966. The first-order valence-electron chi connectivity index (χ1n) is 14.4. The topological polar surface area (TPSA) is 59.0 Å². The monoisotopic (exact) mass is 471 g/mol. The van der Waals surface area contributed by atoms with E-state index in [2.05, 4.69) is 20.8 Å². The second-order valence-corrected chi connectivity index (χ2v) is 14.2. The maximum Gasteiger partial charge on any atom is 0.251 e. The number of fused-ring (bicyclic) bond motifs is 4. The Bertz CT molecular complexity index is 868. The molecular weight excluding hydrogens is 426 g/mol. The number of hydrogen-bond donors (Lipinski definition) is 1. The Kier molecular flexibility index (Phi) is 4.79. The van der Waals surface area contributed by atoms with Crippen LogP contribution in [-0.2, 0) is 14.3 Å². The van der Waals surface area contributed by atoms with Crippen molar-refractivity contribution in [1.29, 1.82) is 0 Å². The Labute approximate surface area is 205 Å². The zero-order chi connectivity index (χ0) is 23.5. The molecule has 0 aromatic rings. The van der Waals surface area contributed by atoms with Gasteiger partial charge in [-0.25, -0.2) is 0 Å². The number of ether oxygens (including phenoxy) is 2. The highest BCUT2D eigenvalue weighted by Gasteiger charge is 2.80. The van der Waals surface area contributed by atoms with E-state index in [0.29, 0.717) is 54.4 Å². The van der Waals surface area contributed by atoms with E-state index < -0.39 is 0 Å². The summed E-state index contributed by atoms with van der Waals surface area (Å²) in [6.45, 7) is 10.0. The fourth-order valence-electron chi connectivity index (χ4n) is 11.4. The lowest BCUT2D eigenvalue weighted by Gasteiger charge is -2.59. The molecule has 0 aromatic heterocycles. The molecule has 1 amide bonds. The van der Waals surface area contributed by atoms with Gasteiger partial charge in [-0.3, -0.25) is 4.79 Å². The first kappa shape index (κ1) is 22.5. The molecule has 5 aliphatic carbocycles. The van der Waals surface area contributed by atoms with Gasteiger partial charge in [-0.15, -0.1) is 0 Å². The van der Waals surface area contributed by atoms with E-state index in [4.69, 9.17) is 9.47 Å². The van der Waals surface area contributed by atoms with Crippen molar-refractivity contribution in [1.82, 2.24) is 4.90 Å². The van der Waals surface area contributed by atoms with E-state index in [1.54, 1.807) is 0 Å². The van der Waals surface area contributed by atoms with Crippen LogP contribution < -0.4 is 0 Å². The van der Waals surface area contributed by atoms with E-state index in [1.807, 2.05) is 4.90 Å². The molecule has 7 fully saturated rings. The van der Waals surface area contributed by atoms with Crippen molar-refractivity contribution in [2.24, 2.45) is 45.3 Å². The van der Waals surface area contributed by atoms with Gasteiger partial charge >= 0.3 is 0 Å². The summed E-state index contributed by atoms with van der Waals surface area (Å²) < 4.78 is 12.2. The average Bonchev–Trinajstić information content (AvgIpc) is 3.42. The molecule has 5 saturated carbocycles. The van der Waals surface area contributed by atoms with Gasteiger partial charge in [-0.05, 0) is 110 Å². The van der Waals surface area contributed by atoms with Crippen LogP contribution >= 0.6 is 0 Å². The maximum atomic E-state index is 13.2. The minimum atomic E-state index is -0.235. The molecule has 190 valence electrons. The van der Waals surface area contributed by atoms with E-state index >= 15 is 0 Å². The van der Waals surface area contributed by atoms with E-state index in [0.717, 1.165) is 31.1 Å². The van der Waals surface area contributed by atoms with Gasteiger partial charge in [0.2, 0.25) is 0 Å². The van der Waals surface area contributed by atoms with Crippen molar-refractivity contribution in [2.45, 2.75) is 103 Å². The smallest absolute Gasteiger partial charge is 0.251 e. The molecule has 0 bridgehead atoms. The minimum Gasteiger partial charge on any atom is -0.393 e. The first-order chi connectivity index (χ1) is 16.2. The normalized spacial score (nSPS) is 55.3. The summed E-state index contributed by atoms with van der Waals surface area (Å²) in [5.41, 5.74) is 1.48. The summed E-state index contributed by atoms with van der Waals surface area (Å²) in [6, 6.07) is 0. The molecule has 0 aromatic carbocycles. The number of nitrogens with zero attached hydrogens (tertiary/aromatic N) is 1. The summed E-state index contributed by atoms with van der Waals surface area (Å²) in [5, 5.41) is 10.8. The second kappa shape index (κ2) is 7.22. The van der Waals surface area contributed by atoms with Crippen LogP contribution in [0.1, 0.15) is 85.0 Å². The molecule has 7 aliphatic rings. The van der Waals surface area contributed by atoms with Gasteiger partial charge in [0, 0.05) is 13.1 Å². The predicted octanol–water partition coefficient (Wildman–Crippen LogP) is 4.41. The van der Waals surface area contributed by atoms with Crippen molar-refractivity contribution < 1.29 is 19.4 Å². The molecule has 10 atom stereocenters. The number of carbonyl (C=O) groups excluding carboxylic acids is 1. The Morgan fingerprint density at radius 1 is 0.882 bits per heavy atom. The van der Waals surface area contributed by atoms with E-state index in [9.17, 15) is 9.90 Å². The summed E-state index contributed by atoms with van der Waals surface area (Å²) >= 11 is 0. The molecule has 7 unspecified atom stereocenters. The lowest BCUT2D eigenvalue weighted by molar-refractivity contribution is -0.162. The first-order valence-corrected chi connectivity index (χ1v) is 14.4. The number of rotatable bonds is 1. The number of aliphatic hydroxyl groups is 1. The number of carbonyl (C=O) groups is 1. The fourth-order valence-corrected chi connectivity index (χ4v) is 11.4. The van der Waals surface area contributed by atoms with Gasteiger partial charge in [-0.2, -0.15) is 0 Å². The molecule has 5 heteroatoms. The Morgan fingerprint density at radius 2 is 1.65 bits per heavy atom. The molecule has 0 radical (unpaired) electrons. The van der Waals surface area contributed by atoms with Crippen LogP contribution in [0.5, 0.6) is 0 Å². The lowest BCUT2D eigenvalue weighted by Crippen LogP contribution is -2.54. The highest BCUT2D eigenvalue weighted by Crippen LogP contribution is 2.87. The molecule has 34 heavy (non-hydrogen) atoms. The number of morpholine rings is 1. The van der Waals surface area contributed by atoms with Crippen LogP contribution in [-0.4, -0.2) is 60.5 Å². The third-order valence-corrected chi connectivity index (χ3v) is 13.2. The Hall–Kier alpha value is -0.650. The highest BCUT2D eigenvalue weighted by atomic mass is 16.5. The average molecular weight is 472 g/mol. The number of amides is 1. The van der Waals surface area contributed by atoms with Crippen molar-refractivity contribution in [3.63, 3.8) is 0 Å². The largest absolute Gasteiger partial charge is 0.393 e. The van der Waals surface area contributed by atoms with Crippen molar-refractivity contribution >= 4 is 5.91 Å². The van der Waals surface area contributed by atoms with E-state index in [-0.39, 0.29) is 29.6 Å². The summed E-state index contributed by atoms with van der Waals surface area (Å²) in [5.74, 6) is 3.11. The third-order valence-electron chi connectivity index (χ3n) is 13.2. The molecule has 5 nitrogen and oxygen atoms in total. The van der Waals surface area contributed by atoms with Crippen LogP contribution in [0.25, 0.3) is 0 Å². The maximum absolute atomic E-state index is 13.2. The van der Waals surface area contributed by atoms with Gasteiger partial charge < -0.3 is 19.5 Å². The number of hydrogen-bond acceptors (Lipinski definition) is 4. The SMILES string of the molecule is CC12CC[C@@]34C[C@@]35CC[C@H](O)C(C)(C)C5CCC4C1CC1OC(C(=O)N3CCOCC3)CCC12. The molecule has 7 rings (SSSR count). The van der Waals surface area contributed by atoms with Gasteiger partial charge in [-0.1, -0.05) is 20.8 Å². The molecule has 2 aliphatic heterocycles. The number of aliphatic hydroxyl groups excluding tert-OH is 1. The molecule has 2 spiro atoms. The van der Waals surface area contributed by atoms with Crippen molar-refractivity contribution in [3.05, 3.63) is 0 Å². The minimum absolute atomic E-state index is 0.0628. The van der Waals surface area contributed by atoms with Crippen molar-refractivity contribution in [3.8, 4) is 0 Å². The Morgan fingerprint density at radius 3 is 2.44 bits per heavy atom. The van der Waals surface area contributed by atoms with Crippen LogP contribution in [0, 0.1) is 45.3 Å². The standard InChI is InChI=1S/C29H45NO4/c1-26(2)23-7-5-18-20-16-22-19(4-6-21(34-22)25(32)30-12-14-33-15-13-30)27(20,3)10-11-28(18)17-29(23,28)9-8-24(26)31/h18-24,31H,4-17H2,1-3H3/t18?,19?,20?,21?,22?,23?,24-,27?,28-,29+/m0/s1. The summed E-state index contributed by atoms with van der Waals surface area (Å²) in [4.78, 5) is 15.2. The molecular formula is C29H45NO4. The van der Waals surface area contributed by atoms with Crippen molar-refractivity contribution in [2.75, 3.05) is 26.3 Å². The van der Waals surface area contributed by atoms with E-state index in [1.165, 1.54) is 44.9 Å². The summed E-state index contributed by atoms with van der Waals surface area (Å²) in [7, 11) is 0. The predicted molar refractivity (Wildman–Crippen MR) is 129 cm³/mol. The highest BCUT2D eigenvalue weighted by molar-refractivity contribution is 5.81. The van der Waals surface area contributed by atoms with Gasteiger partial charge in [0.25, 0.3) is 5.91 Å². The molecule has 2 heterocycles. The lowest BCUT2D eigenvalue weighted by atomic mass is 9.46. The quantitative estimate of drug-likeness (QED) is 0.615. The summed E-state index contributed by atoms with van der Waals surface area (Å²) in [6.07, 6.45) is 12.2. The van der Waals surface area contributed by atoms with Crippen LogP contribution in [0.4, 0.5) is 0 Å². The zero-order valence-corrected chi connectivity index (χ0v) is 21.6.